The van der Waals surface area contributed by atoms with E-state index < -0.39 is 23.5 Å². The smallest absolute Gasteiger partial charge is 0.337 e. The predicted molar refractivity (Wildman–Crippen MR) is 147 cm³/mol. The van der Waals surface area contributed by atoms with E-state index in [2.05, 4.69) is 26.1 Å². The zero-order chi connectivity index (χ0) is 27.5. The van der Waals surface area contributed by atoms with Gasteiger partial charge in [0.1, 0.15) is 5.65 Å². The van der Waals surface area contributed by atoms with Crippen LogP contribution in [0.2, 0.25) is 0 Å². The van der Waals surface area contributed by atoms with E-state index in [-0.39, 0.29) is 5.75 Å². The van der Waals surface area contributed by atoms with Gasteiger partial charge in [-0.15, -0.1) is 10.2 Å². The van der Waals surface area contributed by atoms with Crippen molar-refractivity contribution in [2.75, 3.05) is 6.61 Å². The fourth-order valence-electron chi connectivity index (χ4n) is 5.09. The summed E-state index contributed by atoms with van der Waals surface area (Å²) in [6.45, 7) is 9.57. The van der Waals surface area contributed by atoms with Crippen LogP contribution in [-0.2, 0) is 23.0 Å². The number of ether oxygens (including phenoxy) is 2. The maximum atomic E-state index is 15.5. The van der Waals surface area contributed by atoms with Crippen molar-refractivity contribution < 1.29 is 23.8 Å². The Labute approximate surface area is 232 Å². The summed E-state index contributed by atoms with van der Waals surface area (Å²) in [6.07, 6.45) is 0.130. The van der Waals surface area contributed by atoms with E-state index in [0.29, 0.717) is 55.4 Å². The Morgan fingerprint density at radius 1 is 1.29 bits per heavy atom. The number of aromatic nitrogens is 4. The first-order chi connectivity index (χ1) is 17.9. The minimum Gasteiger partial charge on any atom is -0.490 e. The highest BCUT2D eigenvalue weighted by molar-refractivity contribution is 9.11. The van der Waals surface area contributed by atoms with Crippen molar-refractivity contribution in [2.45, 2.75) is 59.2 Å². The van der Waals surface area contributed by atoms with Gasteiger partial charge in [0.15, 0.2) is 26.6 Å². The highest BCUT2D eigenvalue weighted by Crippen LogP contribution is 2.45. The molecule has 38 heavy (non-hydrogen) atoms. The summed E-state index contributed by atoms with van der Waals surface area (Å²) in [6, 6.07) is 3.36. The van der Waals surface area contributed by atoms with E-state index in [1.807, 2.05) is 24.6 Å². The molecule has 11 heteroatoms. The number of hydrogen-bond acceptors (Lipinski definition) is 7. The van der Waals surface area contributed by atoms with Crippen LogP contribution in [0.5, 0.6) is 5.75 Å². The van der Waals surface area contributed by atoms with Gasteiger partial charge in [-0.1, -0.05) is 11.3 Å². The lowest BCUT2D eigenvalue weighted by molar-refractivity contribution is -0.160. The second-order valence-corrected chi connectivity index (χ2v) is 12.7. The molecule has 0 radical (unpaired) electrons. The molecule has 1 atom stereocenters. The number of rotatable bonds is 5. The van der Waals surface area contributed by atoms with Crippen molar-refractivity contribution >= 4 is 44.3 Å². The quantitative estimate of drug-likeness (QED) is 0.277. The minimum atomic E-state index is -1.32. The van der Waals surface area contributed by atoms with E-state index >= 15 is 4.39 Å². The minimum absolute atomic E-state index is 0.272. The van der Waals surface area contributed by atoms with Gasteiger partial charge in [-0.25, -0.2) is 14.2 Å². The van der Waals surface area contributed by atoms with Crippen LogP contribution in [0.15, 0.2) is 16.0 Å². The van der Waals surface area contributed by atoms with Crippen LogP contribution >= 0.6 is 27.3 Å². The van der Waals surface area contributed by atoms with Crippen molar-refractivity contribution in [3.05, 3.63) is 44.3 Å². The van der Waals surface area contributed by atoms with E-state index in [1.54, 1.807) is 27.7 Å². The Balaban J connectivity index is 1.90. The van der Waals surface area contributed by atoms with E-state index in [9.17, 15) is 9.90 Å². The Morgan fingerprint density at radius 2 is 2.03 bits per heavy atom. The molecule has 5 rings (SSSR count). The van der Waals surface area contributed by atoms with Crippen molar-refractivity contribution in [1.29, 1.82) is 0 Å². The molecule has 1 N–H and O–H groups in total. The van der Waals surface area contributed by atoms with Crippen molar-refractivity contribution in [2.24, 2.45) is 7.05 Å². The number of nitrogens with zero attached hydrogens (tertiary/aromatic N) is 4. The highest BCUT2D eigenvalue weighted by Gasteiger charge is 2.34. The summed E-state index contributed by atoms with van der Waals surface area (Å²) >= 11 is 4.75. The first-order valence-corrected chi connectivity index (χ1v) is 13.8. The van der Waals surface area contributed by atoms with Crippen LogP contribution in [0, 0.1) is 19.7 Å². The molecular formula is C27H28BrFN4O4S. The van der Waals surface area contributed by atoms with Crippen molar-refractivity contribution in [3.8, 4) is 27.6 Å². The number of benzene rings is 1. The third kappa shape index (κ3) is 4.60. The van der Waals surface area contributed by atoms with Crippen LogP contribution < -0.4 is 4.74 Å². The fourth-order valence-corrected chi connectivity index (χ4v) is 6.25. The summed E-state index contributed by atoms with van der Waals surface area (Å²) in [5, 5.41) is 20.0. The summed E-state index contributed by atoms with van der Waals surface area (Å²) in [4.78, 5) is 17.5. The standard InChI is InChI=1S/C27H28BrFN4O4S/c1-12-14-8-7-9-36-21(14)17(29)10-15(12)20-16-11-18(24-31-32-26(28)38-24)33(6)23(16)30-13(2)19(20)22(25(34)35)37-27(3,4)5/h10-11,22H,7-9H2,1-6H3,(H,34,35)/t22-/m0/s1. The van der Waals surface area contributed by atoms with Crippen molar-refractivity contribution in [1.82, 2.24) is 19.7 Å². The molecule has 4 aromatic rings. The fraction of sp³-hybridized carbons (Fsp3) is 0.407. The van der Waals surface area contributed by atoms with E-state index in [0.717, 1.165) is 23.2 Å². The van der Waals surface area contributed by atoms with Crippen LogP contribution in [-0.4, -0.2) is 43.0 Å². The second-order valence-electron chi connectivity index (χ2n) is 10.4. The average Bonchev–Trinajstić information content (AvgIpc) is 3.41. The predicted octanol–water partition coefficient (Wildman–Crippen LogP) is 6.54. The van der Waals surface area contributed by atoms with Gasteiger partial charge in [0.25, 0.3) is 0 Å². The molecule has 0 aliphatic carbocycles. The Hall–Kier alpha value is -2.89. The number of aryl methyl sites for hydroxylation is 2. The first kappa shape index (κ1) is 26.7. The largest absolute Gasteiger partial charge is 0.490 e. The monoisotopic (exact) mass is 602 g/mol. The summed E-state index contributed by atoms with van der Waals surface area (Å²) in [5.74, 6) is -1.34. The van der Waals surface area contributed by atoms with Gasteiger partial charge in [0.05, 0.1) is 17.9 Å². The van der Waals surface area contributed by atoms with Gasteiger partial charge in [-0.3, -0.25) is 0 Å². The zero-order valence-electron chi connectivity index (χ0n) is 22.0. The molecule has 0 saturated heterocycles. The summed E-state index contributed by atoms with van der Waals surface area (Å²) in [5.41, 5.74) is 4.33. The second kappa shape index (κ2) is 9.69. The molecule has 0 spiro atoms. The number of carboxylic acids is 1. The lowest BCUT2D eigenvalue weighted by Gasteiger charge is -2.29. The molecule has 3 aromatic heterocycles. The molecule has 1 aliphatic rings. The summed E-state index contributed by atoms with van der Waals surface area (Å²) in [7, 11) is 1.87. The molecule has 0 bridgehead atoms. The zero-order valence-corrected chi connectivity index (χ0v) is 24.4. The van der Waals surface area contributed by atoms with Crippen molar-refractivity contribution in [3.63, 3.8) is 0 Å². The number of halogens is 2. The Morgan fingerprint density at radius 3 is 2.66 bits per heavy atom. The lowest BCUT2D eigenvalue weighted by atomic mass is 9.86. The third-order valence-electron chi connectivity index (χ3n) is 6.69. The molecule has 0 fully saturated rings. The normalized spacial score (nSPS) is 14.4. The van der Waals surface area contributed by atoms with Gasteiger partial charge in [0.2, 0.25) is 0 Å². The number of pyridine rings is 1. The van der Waals surface area contributed by atoms with Crippen LogP contribution in [0.3, 0.4) is 0 Å². The number of carbonyl (C=O) groups is 1. The van der Waals surface area contributed by atoms with Crippen LogP contribution in [0.25, 0.3) is 32.9 Å². The topological polar surface area (TPSA) is 99.4 Å². The van der Waals surface area contributed by atoms with Crippen LogP contribution in [0.1, 0.15) is 55.7 Å². The van der Waals surface area contributed by atoms with Gasteiger partial charge >= 0.3 is 5.97 Å². The molecular weight excluding hydrogens is 575 g/mol. The SMILES string of the molecule is Cc1nc2c(cc(-c3nnc(Br)s3)n2C)c(-c2cc(F)c3c(c2C)CCCO3)c1[C@H](OC(C)(C)C)C(=O)O. The lowest BCUT2D eigenvalue weighted by Crippen LogP contribution is -2.28. The van der Waals surface area contributed by atoms with Gasteiger partial charge < -0.3 is 19.1 Å². The summed E-state index contributed by atoms with van der Waals surface area (Å²) < 4.78 is 29.8. The maximum absolute atomic E-state index is 15.5. The highest BCUT2D eigenvalue weighted by atomic mass is 79.9. The molecule has 0 amide bonds. The molecule has 0 saturated carbocycles. The van der Waals surface area contributed by atoms with E-state index in [4.69, 9.17) is 14.5 Å². The third-order valence-corrected chi connectivity index (χ3v) is 8.06. The molecule has 0 unspecified atom stereocenters. The number of hydrogen-bond donors (Lipinski definition) is 1. The van der Waals surface area contributed by atoms with Crippen LogP contribution in [0.4, 0.5) is 4.39 Å². The molecule has 200 valence electrons. The first-order valence-electron chi connectivity index (χ1n) is 12.2. The Bertz CT molecular complexity index is 1590. The Kier molecular flexibility index (Phi) is 6.81. The van der Waals surface area contributed by atoms with Gasteiger partial charge in [-0.05, 0) is 86.6 Å². The van der Waals surface area contributed by atoms with Gasteiger partial charge in [0, 0.05) is 34.8 Å². The number of aliphatic carboxylic acids is 1. The van der Waals surface area contributed by atoms with E-state index in [1.165, 1.54) is 17.4 Å². The molecule has 1 aromatic carbocycles. The average molecular weight is 604 g/mol. The number of carboxylic acid groups (broad SMARTS) is 1. The molecule has 1 aliphatic heterocycles. The molecule has 4 heterocycles. The van der Waals surface area contributed by atoms with Gasteiger partial charge in [-0.2, -0.15) is 0 Å². The maximum Gasteiger partial charge on any atom is 0.337 e. The molecule has 8 nitrogen and oxygen atoms in total. The number of fused-ring (bicyclic) bond motifs is 2.